The predicted octanol–water partition coefficient (Wildman–Crippen LogP) is 1.19. The summed E-state index contributed by atoms with van der Waals surface area (Å²) in [4.78, 5) is 10.7. The Morgan fingerprint density at radius 2 is 2.00 bits per heavy atom. The maximum Gasteiger partial charge on any atom is 0.305 e. The Kier molecular flexibility index (Phi) is 2.97. The van der Waals surface area contributed by atoms with Crippen LogP contribution in [-0.2, 0) is 4.79 Å². The molecular weight excluding hydrogens is 230 g/mol. The number of anilines is 1. The number of rotatable bonds is 4. The molecule has 3 N–H and O–H groups in total. The average Bonchev–Trinajstić information content (AvgIpc) is 2.19. The number of aliphatic carboxylic acids is 1. The van der Waals surface area contributed by atoms with Gasteiger partial charge in [0.25, 0.3) is 0 Å². The van der Waals surface area contributed by atoms with Gasteiger partial charge in [-0.05, 0) is 12.1 Å². The van der Waals surface area contributed by atoms with Crippen molar-refractivity contribution in [2.24, 2.45) is 0 Å². The van der Waals surface area contributed by atoms with Gasteiger partial charge in [0.05, 0.1) is 12.0 Å². The second-order valence-electron chi connectivity index (χ2n) is 4.18. The lowest BCUT2D eigenvalue weighted by molar-refractivity contribution is -0.138. The van der Waals surface area contributed by atoms with Gasteiger partial charge in [0.15, 0.2) is 0 Å². The van der Waals surface area contributed by atoms with E-state index in [4.69, 9.17) is 5.11 Å². The van der Waals surface area contributed by atoms with Gasteiger partial charge in [0.1, 0.15) is 17.3 Å². The average molecular weight is 242 g/mol. The monoisotopic (exact) mass is 242 g/mol. The lowest BCUT2D eigenvalue weighted by Crippen LogP contribution is -2.65. The van der Waals surface area contributed by atoms with Gasteiger partial charge in [-0.25, -0.2) is 8.78 Å². The van der Waals surface area contributed by atoms with E-state index in [-0.39, 0.29) is 12.1 Å². The second kappa shape index (κ2) is 4.29. The fourth-order valence-corrected chi connectivity index (χ4v) is 1.86. The van der Waals surface area contributed by atoms with Crippen LogP contribution in [0.2, 0.25) is 0 Å². The zero-order valence-corrected chi connectivity index (χ0v) is 8.96. The van der Waals surface area contributed by atoms with Crippen LogP contribution in [0.15, 0.2) is 18.2 Å². The number of carboxylic acids is 1. The summed E-state index contributed by atoms with van der Waals surface area (Å²) in [5.41, 5.74) is -1.08. The Morgan fingerprint density at radius 1 is 1.41 bits per heavy atom. The first kappa shape index (κ1) is 11.8. The molecule has 1 heterocycles. The van der Waals surface area contributed by atoms with Crippen LogP contribution < -0.4 is 10.6 Å². The van der Waals surface area contributed by atoms with E-state index in [1.807, 2.05) is 0 Å². The van der Waals surface area contributed by atoms with Gasteiger partial charge in [-0.1, -0.05) is 6.07 Å². The summed E-state index contributed by atoms with van der Waals surface area (Å²) in [7, 11) is 0. The SMILES string of the molecule is O=C(O)CC1(Nc2c(F)cccc2F)CNC1. The number of carbonyl (C=O) groups is 1. The molecule has 0 amide bonds. The first-order valence-electron chi connectivity index (χ1n) is 5.17. The molecule has 0 aromatic heterocycles. The molecule has 0 unspecified atom stereocenters. The van der Waals surface area contributed by atoms with Gasteiger partial charge in [-0.15, -0.1) is 0 Å². The summed E-state index contributed by atoms with van der Waals surface area (Å²) in [6.07, 6.45) is -0.187. The number of benzene rings is 1. The summed E-state index contributed by atoms with van der Waals surface area (Å²) in [6, 6.07) is 3.52. The van der Waals surface area contributed by atoms with E-state index in [0.717, 1.165) is 12.1 Å². The molecule has 0 spiro atoms. The molecule has 2 rings (SSSR count). The molecule has 0 atom stereocenters. The number of nitrogens with one attached hydrogen (secondary N) is 2. The van der Waals surface area contributed by atoms with Crippen LogP contribution >= 0.6 is 0 Å². The minimum absolute atomic E-state index is 0.187. The number of halogens is 2. The number of hydrogen-bond donors (Lipinski definition) is 3. The largest absolute Gasteiger partial charge is 0.481 e. The van der Waals surface area contributed by atoms with E-state index in [1.54, 1.807) is 0 Å². The van der Waals surface area contributed by atoms with E-state index in [9.17, 15) is 13.6 Å². The highest BCUT2D eigenvalue weighted by Crippen LogP contribution is 2.27. The molecule has 92 valence electrons. The topological polar surface area (TPSA) is 61.4 Å². The molecule has 0 bridgehead atoms. The van der Waals surface area contributed by atoms with E-state index >= 15 is 0 Å². The highest BCUT2D eigenvalue weighted by molar-refractivity contribution is 5.70. The minimum atomic E-state index is -1.00. The minimum Gasteiger partial charge on any atom is -0.481 e. The third-order valence-electron chi connectivity index (χ3n) is 2.77. The van der Waals surface area contributed by atoms with E-state index in [0.29, 0.717) is 13.1 Å². The van der Waals surface area contributed by atoms with Gasteiger partial charge in [0.2, 0.25) is 0 Å². The van der Waals surface area contributed by atoms with E-state index in [2.05, 4.69) is 10.6 Å². The van der Waals surface area contributed by atoms with E-state index < -0.39 is 23.1 Å². The molecule has 1 aliphatic rings. The van der Waals surface area contributed by atoms with E-state index in [1.165, 1.54) is 6.07 Å². The lowest BCUT2D eigenvalue weighted by atomic mass is 9.88. The van der Waals surface area contributed by atoms with Crippen LogP contribution in [-0.4, -0.2) is 29.7 Å². The highest BCUT2D eigenvalue weighted by Gasteiger charge is 2.40. The van der Waals surface area contributed by atoms with Crippen LogP contribution in [0.4, 0.5) is 14.5 Å². The highest BCUT2D eigenvalue weighted by atomic mass is 19.1. The summed E-state index contributed by atoms with van der Waals surface area (Å²) < 4.78 is 26.8. The van der Waals surface area contributed by atoms with Crippen LogP contribution in [0.3, 0.4) is 0 Å². The summed E-state index contributed by atoms with van der Waals surface area (Å²) >= 11 is 0. The van der Waals surface area contributed by atoms with Crippen molar-refractivity contribution in [1.29, 1.82) is 0 Å². The van der Waals surface area contributed by atoms with Gasteiger partial charge in [-0.2, -0.15) is 0 Å². The smallest absolute Gasteiger partial charge is 0.305 e. The van der Waals surface area contributed by atoms with Crippen molar-refractivity contribution in [3.05, 3.63) is 29.8 Å². The summed E-state index contributed by atoms with van der Waals surface area (Å²) in [5, 5.41) is 14.3. The van der Waals surface area contributed by atoms with Gasteiger partial charge in [0, 0.05) is 13.1 Å². The molecule has 0 saturated carbocycles. The Morgan fingerprint density at radius 3 is 2.41 bits per heavy atom. The summed E-state index contributed by atoms with van der Waals surface area (Å²) in [5.74, 6) is -2.45. The molecule has 1 saturated heterocycles. The Labute approximate surface area is 96.6 Å². The molecule has 0 aliphatic carbocycles. The van der Waals surface area contributed by atoms with Crippen molar-refractivity contribution < 1.29 is 18.7 Å². The van der Waals surface area contributed by atoms with Crippen LogP contribution in [0.1, 0.15) is 6.42 Å². The molecule has 0 radical (unpaired) electrons. The van der Waals surface area contributed by atoms with Crippen LogP contribution in [0.25, 0.3) is 0 Å². The molecule has 1 aliphatic heterocycles. The van der Waals surface area contributed by atoms with Gasteiger partial charge >= 0.3 is 5.97 Å². The van der Waals surface area contributed by atoms with Gasteiger partial charge in [-0.3, -0.25) is 4.79 Å². The zero-order chi connectivity index (χ0) is 12.5. The molecule has 6 heteroatoms. The Bertz CT molecular complexity index is 427. The molecule has 4 nitrogen and oxygen atoms in total. The van der Waals surface area contributed by atoms with Crippen molar-refractivity contribution >= 4 is 11.7 Å². The standard InChI is InChI=1S/C11H12F2N2O2/c12-7-2-1-3-8(13)10(7)15-11(4-9(16)17)5-14-6-11/h1-3,14-15H,4-6H2,(H,16,17). The first-order valence-corrected chi connectivity index (χ1v) is 5.17. The zero-order valence-electron chi connectivity index (χ0n) is 8.96. The molecule has 1 aromatic rings. The fraction of sp³-hybridized carbons (Fsp3) is 0.364. The van der Waals surface area contributed by atoms with Crippen molar-refractivity contribution in [3.63, 3.8) is 0 Å². The Hall–Kier alpha value is -1.69. The van der Waals surface area contributed by atoms with Crippen molar-refractivity contribution in [3.8, 4) is 0 Å². The van der Waals surface area contributed by atoms with Crippen LogP contribution in [0.5, 0.6) is 0 Å². The molecule has 1 fully saturated rings. The number of carboxylic acid groups (broad SMARTS) is 1. The second-order valence-corrected chi connectivity index (χ2v) is 4.18. The lowest BCUT2D eigenvalue weighted by Gasteiger charge is -2.43. The van der Waals surface area contributed by atoms with Gasteiger partial charge < -0.3 is 15.7 Å². The quantitative estimate of drug-likeness (QED) is 0.742. The number of hydrogen-bond acceptors (Lipinski definition) is 3. The first-order chi connectivity index (χ1) is 8.02. The van der Waals surface area contributed by atoms with Crippen molar-refractivity contribution in [2.45, 2.75) is 12.0 Å². The maximum absolute atomic E-state index is 13.4. The van der Waals surface area contributed by atoms with Crippen LogP contribution in [0, 0.1) is 11.6 Å². The Balaban J connectivity index is 2.21. The maximum atomic E-state index is 13.4. The summed E-state index contributed by atoms with van der Waals surface area (Å²) in [6.45, 7) is 0.736. The molecule has 17 heavy (non-hydrogen) atoms. The molecule has 1 aromatic carbocycles. The third-order valence-corrected chi connectivity index (χ3v) is 2.77. The normalized spacial score (nSPS) is 17.3. The number of para-hydroxylation sites is 1. The molecular formula is C11H12F2N2O2. The van der Waals surface area contributed by atoms with Crippen molar-refractivity contribution in [2.75, 3.05) is 18.4 Å². The van der Waals surface area contributed by atoms with Crippen molar-refractivity contribution in [1.82, 2.24) is 5.32 Å². The predicted molar refractivity (Wildman–Crippen MR) is 57.8 cm³/mol. The fourth-order valence-electron chi connectivity index (χ4n) is 1.86. The third kappa shape index (κ3) is 2.36.